The maximum atomic E-state index is 12.6. The van der Waals surface area contributed by atoms with E-state index in [1.165, 1.54) is 19.3 Å². The van der Waals surface area contributed by atoms with Gasteiger partial charge >= 0.3 is 0 Å². The Kier molecular flexibility index (Phi) is 4.52. The Morgan fingerprint density at radius 3 is 2.41 bits per heavy atom. The van der Waals surface area contributed by atoms with Crippen LogP contribution in [0, 0.1) is 0 Å². The van der Waals surface area contributed by atoms with Crippen LogP contribution < -0.4 is 0 Å². The van der Waals surface area contributed by atoms with Crippen molar-refractivity contribution in [3.8, 4) is 11.1 Å². The number of rotatable bonds is 3. The molecule has 0 bridgehead atoms. The van der Waals surface area contributed by atoms with Gasteiger partial charge in [0.25, 0.3) is 5.91 Å². The summed E-state index contributed by atoms with van der Waals surface area (Å²) in [5, 5.41) is 0. The molecule has 0 atom stereocenters. The maximum absolute atomic E-state index is 12.6. The second-order valence-electron chi connectivity index (χ2n) is 6.03. The van der Waals surface area contributed by atoms with Crippen molar-refractivity contribution in [2.75, 3.05) is 7.05 Å². The van der Waals surface area contributed by atoms with Crippen LogP contribution in [0.15, 0.2) is 48.8 Å². The molecular weight excluding hydrogens is 272 g/mol. The number of aromatic nitrogens is 1. The van der Waals surface area contributed by atoms with Crippen LogP contribution >= 0.6 is 0 Å². The molecule has 0 radical (unpaired) electrons. The molecule has 0 N–H and O–H groups in total. The summed E-state index contributed by atoms with van der Waals surface area (Å²) in [6, 6.07) is 12.2. The molecule has 1 aliphatic carbocycles. The van der Waals surface area contributed by atoms with E-state index in [4.69, 9.17) is 0 Å². The van der Waals surface area contributed by atoms with Gasteiger partial charge in [0.2, 0.25) is 0 Å². The van der Waals surface area contributed by atoms with Gasteiger partial charge in [-0.15, -0.1) is 0 Å². The first-order valence-electron chi connectivity index (χ1n) is 8.03. The third-order valence-corrected chi connectivity index (χ3v) is 4.57. The Morgan fingerprint density at radius 1 is 1.05 bits per heavy atom. The zero-order chi connectivity index (χ0) is 15.4. The van der Waals surface area contributed by atoms with E-state index in [0.717, 1.165) is 29.5 Å². The largest absolute Gasteiger partial charge is 0.339 e. The van der Waals surface area contributed by atoms with Gasteiger partial charge in [0.1, 0.15) is 0 Å². The van der Waals surface area contributed by atoms with Crippen LogP contribution in [-0.2, 0) is 0 Å². The molecule has 1 amide bonds. The third kappa shape index (κ3) is 3.19. The number of pyridine rings is 1. The van der Waals surface area contributed by atoms with Crippen LogP contribution in [0.1, 0.15) is 42.5 Å². The average molecular weight is 294 g/mol. The molecule has 1 fully saturated rings. The van der Waals surface area contributed by atoms with E-state index in [9.17, 15) is 4.79 Å². The van der Waals surface area contributed by atoms with E-state index in [0.29, 0.717) is 6.04 Å². The molecule has 1 aromatic heterocycles. The molecule has 22 heavy (non-hydrogen) atoms. The van der Waals surface area contributed by atoms with Crippen LogP contribution in [0.4, 0.5) is 0 Å². The first-order valence-corrected chi connectivity index (χ1v) is 8.03. The second kappa shape index (κ2) is 6.73. The first-order chi connectivity index (χ1) is 10.8. The number of nitrogens with zero attached hydrogens (tertiary/aromatic N) is 2. The van der Waals surface area contributed by atoms with Crippen LogP contribution in [0.2, 0.25) is 0 Å². The second-order valence-corrected chi connectivity index (χ2v) is 6.03. The minimum atomic E-state index is 0.129. The van der Waals surface area contributed by atoms with Crippen LogP contribution in [0.5, 0.6) is 0 Å². The van der Waals surface area contributed by atoms with Crippen molar-refractivity contribution in [1.29, 1.82) is 0 Å². The Bertz CT molecular complexity index is 616. The van der Waals surface area contributed by atoms with E-state index in [1.54, 1.807) is 6.20 Å². The standard InChI is InChI=1S/C19H22N2O/c1-21(18-7-3-2-4-8-18)19(22)16-11-9-15(10-12-16)17-6-5-13-20-14-17/h5-6,9-14,18H,2-4,7-8H2,1H3. The smallest absolute Gasteiger partial charge is 0.253 e. The molecule has 0 unspecified atom stereocenters. The average Bonchev–Trinajstić information content (AvgIpc) is 2.62. The molecular formula is C19H22N2O. The Labute approximate surface area is 132 Å². The number of amides is 1. The summed E-state index contributed by atoms with van der Waals surface area (Å²) in [5.74, 6) is 0.129. The van der Waals surface area contributed by atoms with Gasteiger partial charge in [0.05, 0.1) is 0 Å². The summed E-state index contributed by atoms with van der Waals surface area (Å²) >= 11 is 0. The summed E-state index contributed by atoms with van der Waals surface area (Å²) in [7, 11) is 1.94. The van der Waals surface area contributed by atoms with Gasteiger partial charge in [-0.05, 0) is 42.2 Å². The van der Waals surface area contributed by atoms with Crippen LogP contribution in [-0.4, -0.2) is 28.9 Å². The van der Waals surface area contributed by atoms with Crippen molar-refractivity contribution in [1.82, 2.24) is 9.88 Å². The fourth-order valence-corrected chi connectivity index (χ4v) is 3.18. The van der Waals surface area contributed by atoms with Gasteiger partial charge in [-0.25, -0.2) is 0 Å². The maximum Gasteiger partial charge on any atom is 0.253 e. The molecule has 1 heterocycles. The zero-order valence-corrected chi connectivity index (χ0v) is 13.0. The summed E-state index contributed by atoms with van der Waals surface area (Å²) in [4.78, 5) is 18.7. The molecule has 0 saturated heterocycles. The molecule has 0 aliphatic heterocycles. The summed E-state index contributed by atoms with van der Waals surface area (Å²) in [5.41, 5.74) is 2.92. The van der Waals surface area contributed by atoms with Gasteiger partial charge in [-0.2, -0.15) is 0 Å². The van der Waals surface area contributed by atoms with Crippen molar-refractivity contribution >= 4 is 5.91 Å². The van der Waals surface area contributed by atoms with Gasteiger partial charge < -0.3 is 4.90 Å². The normalized spacial score (nSPS) is 15.5. The first kappa shape index (κ1) is 14.8. The molecule has 3 heteroatoms. The van der Waals surface area contributed by atoms with Gasteiger partial charge in [0.15, 0.2) is 0 Å². The highest BCUT2D eigenvalue weighted by atomic mass is 16.2. The zero-order valence-electron chi connectivity index (χ0n) is 13.0. The van der Waals surface area contributed by atoms with Crippen molar-refractivity contribution < 1.29 is 4.79 Å². The van der Waals surface area contributed by atoms with E-state index in [-0.39, 0.29) is 5.91 Å². The van der Waals surface area contributed by atoms with Gasteiger partial charge in [-0.1, -0.05) is 37.5 Å². The highest BCUT2D eigenvalue weighted by Crippen LogP contribution is 2.24. The predicted octanol–water partition coefficient (Wildman–Crippen LogP) is 4.15. The molecule has 1 saturated carbocycles. The topological polar surface area (TPSA) is 33.2 Å². The van der Waals surface area contributed by atoms with E-state index >= 15 is 0 Å². The minimum Gasteiger partial charge on any atom is -0.339 e. The Hall–Kier alpha value is -2.16. The molecule has 3 rings (SSSR count). The highest BCUT2D eigenvalue weighted by molar-refractivity contribution is 5.94. The van der Waals surface area contributed by atoms with Crippen molar-refractivity contribution in [2.24, 2.45) is 0 Å². The molecule has 114 valence electrons. The summed E-state index contributed by atoms with van der Waals surface area (Å²) in [6.45, 7) is 0. The SMILES string of the molecule is CN(C(=O)c1ccc(-c2cccnc2)cc1)C1CCCCC1. The van der Waals surface area contributed by atoms with E-state index < -0.39 is 0 Å². The van der Waals surface area contributed by atoms with E-state index in [1.807, 2.05) is 54.5 Å². The van der Waals surface area contributed by atoms with Crippen molar-refractivity contribution in [3.63, 3.8) is 0 Å². The molecule has 1 aromatic carbocycles. The Balaban J connectivity index is 1.73. The molecule has 1 aliphatic rings. The number of carbonyl (C=O) groups is 1. The van der Waals surface area contributed by atoms with E-state index in [2.05, 4.69) is 4.98 Å². The fourth-order valence-electron chi connectivity index (χ4n) is 3.18. The number of hydrogen-bond acceptors (Lipinski definition) is 2. The predicted molar refractivity (Wildman–Crippen MR) is 88.6 cm³/mol. The summed E-state index contributed by atoms with van der Waals surface area (Å²) < 4.78 is 0. The quantitative estimate of drug-likeness (QED) is 0.852. The molecule has 3 nitrogen and oxygen atoms in total. The van der Waals surface area contributed by atoms with Crippen LogP contribution in [0.3, 0.4) is 0 Å². The highest BCUT2D eigenvalue weighted by Gasteiger charge is 2.22. The third-order valence-electron chi connectivity index (χ3n) is 4.57. The molecule has 0 spiro atoms. The fraction of sp³-hybridized carbons (Fsp3) is 0.368. The lowest BCUT2D eigenvalue weighted by Gasteiger charge is -2.31. The molecule has 2 aromatic rings. The number of benzene rings is 1. The lowest BCUT2D eigenvalue weighted by atomic mass is 9.94. The van der Waals surface area contributed by atoms with Gasteiger partial charge in [0, 0.05) is 31.0 Å². The number of carbonyl (C=O) groups excluding carboxylic acids is 1. The number of hydrogen-bond donors (Lipinski definition) is 0. The summed E-state index contributed by atoms with van der Waals surface area (Å²) in [6.07, 6.45) is 9.65. The lowest BCUT2D eigenvalue weighted by Crippen LogP contribution is -2.38. The minimum absolute atomic E-state index is 0.129. The van der Waals surface area contributed by atoms with Crippen molar-refractivity contribution in [2.45, 2.75) is 38.1 Å². The van der Waals surface area contributed by atoms with Gasteiger partial charge in [-0.3, -0.25) is 9.78 Å². The monoisotopic (exact) mass is 294 g/mol. The van der Waals surface area contributed by atoms with Crippen LogP contribution in [0.25, 0.3) is 11.1 Å². The lowest BCUT2D eigenvalue weighted by molar-refractivity contribution is 0.0696. The Morgan fingerprint density at radius 2 is 1.77 bits per heavy atom. The van der Waals surface area contributed by atoms with Crippen molar-refractivity contribution in [3.05, 3.63) is 54.4 Å².